The van der Waals surface area contributed by atoms with Crippen LogP contribution in [0.4, 0.5) is 11.4 Å². The molecule has 0 atom stereocenters. The number of nitrogen functional groups attached to an aromatic ring is 1. The zero-order chi connectivity index (χ0) is 49.5. The van der Waals surface area contributed by atoms with Crippen LogP contribution in [-0.4, -0.2) is 29.1 Å². The molecule has 0 fully saturated rings. The van der Waals surface area contributed by atoms with E-state index in [-0.39, 0.29) is 11.3 Å². The number of rotatable bonds is 3. The molecule has 2 aromatic carbocycles. The summed E-state index contributed by atoms with van der Waals surface area (Å²) in [5.74, 6) is -3.27. The number of nitrogens with two attached hydrogens (primary N) is 1. The van der Waals surface area contributed by atoms with E-state index < -0.39 is 112 Å². The van der Waals surface area contributed by atoms with Crippen LogP contribution in [0.1, 0.15) is 143 Å². The summed E-state index contributed by atoms with van der Waals surface area (Å²) in [5.41, 5.74) is -4.32. The minimum Gasteiger partial charge on any atom is -0.426 e. The lowest BCUT2D eigenvalue weighted by atomic mass is 9.79. The molecule has 2 aromatic rings. The maximum Gasteiger partial charge on any atom is 0.308 e. The van der Waals surface area contributed by atoms with Crippen molar-refractivity contribution >= 4 is 39.2 Å². The van der Waals surface area contributed by atoms with Gasteiger partial charge >= 0.3 is 11.9 Å². The molecule has 0 saturated carbocycles. The highest BCUT2D eigenvalue weighted by Crippen LogP contribution is 2.47. The number of esters is 2. The first-order valence-electron chi connectivity index (χ1n) is 21.5. The number of halogens is 1. The van der Waals surface area contributed by atoms with E-state index in [1.54, 1.807) is 41.5 Å². The van der Waals surface area contributed by atoms with Gasteiger partial charge in [0.25, 0.3) is 5.69 Å². The molecule has 2 rings (SSSR count). The van der Waals surface area contributed by atoms with Crippen molar-refractivity contribution < 1.29 is 53.8 Å². The largest absolute Gasteiger partial charge is 0.426 e. The number of ether oxygens (including phenoxy) is 2. The SMILES string of the molecule is CO.[2H]C([2H])([2H])C(c1cc(C(C)(C)C)c(N)cc1OC(C)=O)(C([2H])([2H])[2H])C([2H])([2H])[2H].[2H]C([2H])([2H])C(c1cc(C(C)(C)C)c([N+](=O)[O-])c(Br)c1OC(C)=O)(C([2H])([2H])[2H])C([2H])([2H])[2H]. The standard InChI is InChI=1S/C16H22BrNO4.C16H25NO2.CH4O/c1-9(19)22-14-11(16(5,6)7)8-10(15(2,3)4)13(12(14)17)18(20)21;1-10(18)19-14-9-13(17)11(15(2,3)4)8-12(14)16(5,6)7;1-2/h8H,1-7H3;8-9H,17H2,1-7H3;2H,1H3/i2*5D3,6D3,7D3;. The summed E-state index contributed by atoms with van der Waals surface area (Å²) in [7, 11) is 1.00. The summed E-state index contributed by atoms with van der Waals surface area (Å²) in [6, 6.07) is 3.07. The van der Waals surface area contributed by atoms with Crippen molar-refractivity contribution in [2.24, 2.45) is 0 Å². The van der Waals surface area contributed by atoms with Gasteiger partial charge in [-0.15, -0.1) is 0 Å². The Hall–Kier alpha value is -2.98. The van der Waals surface area contributed by atoms with E-state index in [0.717, 1.165) is 39.2 Å². The molecule has 0 bridgehead atoms. The number of aliphatic hydroxyl groups excluding tert-OH is 1. The van der Waals surface area contributed by atoms with Crippen molar-refractivity contribution in [1.82, 2.24) is 0 Å². The monoisotopic (exact) mass is 684 g/mol. The Bertz CT molecular complexity index is 1860. The number of nitro benzene ring substituents is 1. The summed E-state index contributed by atoms with van der Waals surface area (Å²) in [4.78, 5) is 34.2. The van der Waals surface area contributed by atoms with Gasteiger partial charge in [0, 0.05) is 74.1 Å². The van der Waals surface area contributed by atoms with Crippen LogP contribution in [-0.2, 0) is 31.2 Å². The molecule has 3 N–H and O–H groups in total. The zero-order valence-electron chi connectivity index (χ0n) is 43.5. The summed E-state index contributed by atoms with van der Waals surface area (Å²) < 4.78 is 152. The number of anilines is 1. The molecule has 0 aromatic heterocycles. The molecule has 242 valence electrons. The minimum absolute atomic E-state index is 0.114. The smallest absolute Gasteiger partial charge is 0.308 e. The molecule has 9 nitrogen and oxygen atoms in total. The Kier molecular flexibility index (Phi) is 6.39. The molecule has 0 amide bonds. The summed E-state index contributed by atoms with van der Waals surface area (Å²) in [6.07, 6.45) is 0. The average molecular weight is 686 g/mol. The molecule has 0 spiro atoms. The second-order valence-electron chi connectivity index (χ2n) is 11.3. The lowest BCUT2D eigenvalue weighted by Gasteiger charge is -2.28. The van der Waals surface area contributed by atoms with Crippen molar-refractivity contribution in [1.29, 1.82) is 0 Å². The van der Waals surface area contributed by atoms with Crippen LogP contribution in [0, 0.1) is 10.1 Å². The zero-order valence-corrected chi connectivity index (χ0v) is 27.1. The number of benzene rings is 2. The number of carbonyl (C=O) groups excluding carboxylic acids is 2. The van der Waals surface area contributed by atoms with E-state index in [4.69, 9.17) is 45.0 Å². The highest BCUT2D eigenvalue weighted by molar-refractivity contribution is 9.10. The Morgan fingerprint density at radius 3 is 1.58 bits per heavy atom. The quantitative estimate of drug-likeness (QED) is 0.108. The Morgan fingerprint density at radius 2 is 1.21 bits per heavy atom. The molecule has 0 saturated heterocycles. The first-order valence-corrected chi connectivity index (χ1v) is 13.3. The molecule has 43 heavy (non-hydrogen) atoms. The minimum atomic E-state index is -3.65. The lowest BCUT2D eigenvalue weighted by molar-refractivity contribution is -0.386. The predicted molar refractivity (Wildman–Crippen MR) is 177 cm³/mol. The summed E-state index contributed by atoms with van der Waals surface area (Å²) in [6.45, 7) is -9.61. The van der Waals surface area contributed by atoms with Crippen LogP contribution in [0.15, 0.2) is 22.7 Å². The van der Waals surface area contributed by atoms with Gasteiger partial charge in [-0.2, -0.15) is 0 Å². The molecule has 10 heteroatoms. The Morgan fingerprint density at radius 1 is 0.791 bits per heavy atom. The fourth-order valence-corrected chi connectivity index (χ4v) is 4.32. The number of carbonyl (C=O) groups is 2. The van der Waals surface area contributed by atoms with Gasteiger partial charge in [0.15, 0.2) is 5.75 Å². The molecule has 0 unspecified atom stereocenters. The summed E-state index contributed by atoms with van der Waals surface area (Å²) in [5, 5.41) is 18.8. The topological polar surface area (TPSA) is 142 Å². The fraction of sp³-hybridized carbons (Fsp3) is 0.576. The van der Waals surface area contributed by atoms with Crippen molar-refractivity contribution in [2.75, 3.05) is 12.8 Å². The molecular weight excluding hydrogens is 616 g/mol. The number of nitro groups is 1. The molecule has 0 radical (unpaired) electrons. The van der Waals surface area contributed by atoms with E-state index >= 15 is 0 Å². The van der Waals surface area contributed by atoms with Gasteiger partial charge in [0.05, 0.1) is 4.92 Å². The maximum atomic E-state index is 11.8. The highest BCUT2D eigenvalue weighted by atomic mass is 79.9. The van der Waals surface area contributed by atoms with Gasteiger partial charge in [0.1, 0.15) is 10.2 Å². The molecule has 0 heterocycles. The normalized spacial score (nSPS) is 19.8. The van der Waals surface area contributed by atoms with E-state index in [1.807, 2.05) is 0 Å². The predicted octanol–water partition coefficient (Wildman–Crippen LogP) is 8.28. The van der Waals surface area contributed by atoms with Crippen molar-refractivity contribution in [2.45, 2.75) is 118 Å². The van der Waals surface area contributed by atoms with Crippen LogP contribution >= 0.6 is 15.9 Å². The molecule has 0 aliphatic heterocycles. The molecule has 0 aliphatic rings. The lowest BCUT2D eigenvalue weighted by Crippen LogP contribution is -2.21. The van der Waals surface area contributed by atoms with Crippen molar-refractivity contribution in [3.05, 3.63) is 55.0 Å². The molecule has 0 aliphatic carbocycles. The Labute approximate surface area is 291 Å². The first kappa shape index (κ1) is 18.7. The van der Waals surface area contributed by atoms with E-state index in [9.17, 15) is 19.7 Å². The third-order valence-corrected chi connectivity index (χ3v) is 6.19. The van der Waals surface area contributed by atoms with Crippen LogP contribution in [0.25, 0.3) is 0 Å². The number of aliphatic hydroxyl groups is 1. The van der Waals surface area contributed by atoms with Crippen LogP contribution in [0.3, 0.4) is 0 Å². The van der Waals surface area contributed by atoms with E-state index in [2.05, 4.69) is 15.9 Å². The summed E-state index contributed by atoms with van der Waals surface area (Å²) >= 11 is 2.93. The number of hydrogen-bond acceptors (Lipinski definition) is 8. The Balaban J connectivity index is 0.00000114. The third kappa shape index (κ3) is 11.2. The van der Waals surface area contributed by atoms with Gasteiger partial charge in [-0.1, -0.05) is 82.7 Å². The number of nitrogens with zero attached hydrogens (tertiary/aromatic N) is 1. The van der Waals surface area contributed by atoms with Crippen LogP contribution in [0.2, 0.25) is 0 Å². The van der Waals surface area contributed by atoms with Crippen LogP contribution < -0.4 is 15.2 Å². The van der Waals surface area contributed by atoms with Gasteiger partial charge < -0.3 is 20.3 Å². The van der Waals surface area contributed by atoms with Crippen molar-refractivity contribution in [3.8, 4) is 11.5 Å². The third-order valence-electron chi connectivity index (χ3n) is 5.45. The van der Waals surface area contributed by atoms with E-state index in [0.29, 0.717) is 5.56 Å². The average Bonchev–Trinajstić information content (AvgIpc) is 2.95. The fourth-order valence-electron chi connectivity index (χ4n) is 3.67. The van der Waals surface area contributed by atoms with Gasteiger partial charge in [-0.3, -0.25) is 19.7 Å². The first-order chi connectivity index (χ1) is 26.7. The second-order valence-corrected chi connectivity index (χ2v) is 12.1. The maximum absolute atomic E-state index is 11.8. The molecular formula is C33H51BrN2O7. The second kappa shape index (κ2) is 14.7. The number of hydrogen-bond donors (Lipinski definition) is 2. The van der Waals surface area contributed by atoms with Gasteiger partial charge in [-0.05, 0) is 55.3 Å². The van der Waals surface area contributed by atoms with Gasteiger partial charge in [0.2, 0.25) is 0 Å². The van der Waals surface area contributed by atoms with E-state index in [1.165, 1.54) is 0 Å². The van der Waals surface area contributed by atoms with Gasteiger partial charge in [-0.25, -0.2) is 0 Å². The highest BCUT2D eigenvalue weighted by Gasteiger charge is 2.35. The van der Waals surface area contributed by atoms with Crippen molar-refractivity contribution in [3.63, 3.8) is 0 Å². The van der Waals surface area contributed by atoms with Crippen LogP contribution in [0.5, 0.6) is 11.5 Å².